The molecule has 2 rings (SSSR count). The van der Waals surface area contributed by atoms with Gasteiger partial charge in [-0.05, 0) is 87.2 Å². The van der Waals surface area contributed by atoms with E-state index in [2.05, 4.69) is 76.5 Å². The number of aryl methyl sites for hydroxylation is 1. The summed E-state index contributed by atoms with van der Waals surface area (Å²) in [5, 5.41) is 0. The van der Waals surface area contributed by atoms with Crippen molar-refractivity contribution in [1.29, 1.82) is 0 Å². The van der Waals surface area contributed by atoms with Crippen molar-refractivity contribution < 1.29 is 0 Å². The molecule has 152 valence electrons. The first-order chi connectivity index (χ1) is 13.2. The van der Waals surface area contributed by atoms with Crippen LogP contribution in [-0.2, 0) is 0 Å². The van der Waals surface area contributed by atoms with Crippen molar-refractivity contribution in [1.82, 2.24) is 4.90 Å². The summed E-state index contributed by atoms with van der Waals surface area (Å²) in [6, 6.07) is 4.52. The van der Waals surface area contributed by atoms with Gasteiger partial charge in [0.2, 0.25) is 0 Å². The van der Waals surface area contributed by atoms with E-state index >= 15 is 0 Å². The molecule has 0 atom stereocenters. The summed E-state index contributed by atoms with van der Waals surface area (Å²) in [6.45, 7) is 24.2. The van der Waals surface area contributed by atoms with Gasteiger partial charge in [0.25, 0.3) is 0 Å². The van der Waals surface area contributed by atoms with Crippen molar-refractivity contribution in [3.63, 3.8) is 0 Å². The van der Waals surface area contributed by atoms with E-state index in [9.17, 15) is 0 Å². The summed E-state index contributed by atoms with van der Waals surface area (Å²) in [6.07, 6.45) is 6.67. The lowest BCUT2D eigenvalue weighted by molar-refractivity contribution is 0.00979. The van der Waals surface area contributed by atoms with Crippen LogP contribution in [0.3, 0.4) is 0 Å². The van der Waals surface area contributed by atoms with Crippen LogP contribution < -0.4 is 0 Å². The highest BCUT2D eigenvalue weighted by atomic mass is 15.2. The Kier molecular flexibility index (Phi) is 7.60. The van der Waals surface area contributed by atoms with Crippen LogP contribution >= 0.6 is 0 Å². The fraction of sp³-hybridized carbons (Fsp3) is 0.500. The van der Waals surface area contributed by atoms with Crippen LogP contribution in [0.15, 0.2) is 42.9 Å². The van der Waals surface area contributed by atoms with Gasteiger partial charge in [-0.3, -0.25) is 4.99 Å². The van der Waals surface area contributed by atoms with Gasteiger partial charge in [0.05, 0.1) is 6.54 Å². The number of likely N-dealkylation sites (tertiary alicyclic amines) is 1. The third kappa shape index (κ3) is 5.11. The molecule has 1 aromatic carbocycles. The van der Waals surface area contributed by atoms with Gasteiger partial charge in [-0.1, -0.05) is 37.8 Å². The van der Waals surface area contributed by atoms with Crippen LogP contribution in [0.1, 0.15) is 68.7 Å². The van der Waals surface area contributed by atoms with Crippen LogP contribution in [0, 0.1) is 12.3 Å². The molecule has 0 N–H and O–H groups in total. The minimum atomic E-state index is 0.535. The van der Waals surface area contributed by atoms with Gasteiger partial charge in [-0.25, -0.2) is 0 Å². The number of aliphatic imine (C=N–C) groups is 1. The van der Waals surface area contributed by atoms with Crippen LogP contribution in [-0.4, -0.2) is 37.3 Å². The van der Waals surface area contributed by atoms with Crippen molar-refractivity contribution in [3.05, 3.63) is 60.2 Å². The average molecular weight is 379 g/mol. The highest BCUT2D eigenvalue weighted by Crippen LogP contribution is 2.39. The number of hydrogen-bond donors (Lipinski definition) is 0. The lowest BCUT2D eigenvalue weighted by Gasteiger charge is -2.48. The van der Waals surface area contributed by atoms with Gasteiger partial charge < -0.3 is 4.90 Å². The van der Waals surface area contributed by atoms with E-state index in [1.54, 1.807) is 0 Å². The van der Waals surface area contributed by atoms with E-state index in [0.717, 1.165) is 17.7 Å². The number of benzene rings is 1. The topological polar surface area (TPSA) is 15.6 Å². The number of allylic oxidation sites excluding steroid dienone is 2. The molecule has 2 heteroatoms. The van der Waals surface area contributed by atoms with Crippen LogP contribution in [0.5, 0.6) is 0 Å². The Morgan fingerprint density at radius 1 is 1.18 bits per heavy atom. The second-order valence-corrected chi connectivity index (χ2v) is 8.69. The molecule has 0 saturated carbocycles. The zero-order valence-corrected chi connectivity index (χ0v) is 18.7. The molecule has 0 bridgehead atoms. The standard InChI is InChI=1S/C26H38N2/c1-9-14-27-22(7)25-16-24(21(6)15-23(25)19(3)4)20(5)12-11-13-26(10-2)17-28(8)18-26/h9,15-16H,1,3,5,10-14,17-18H2,2,4,6-8H3. The molecule has 28 heavy (non-hydrogen) atoms. The van der Waals surface area contributed by atoms with Crippen LogP contribution in [0.2, 0.25) is 0 Å². The van der Waals surface area contributed by atoms with E-state index < -0.39 is 0 Å². The molecule has 0 spiro atoms. The highest BCUT2D eigenvalue weighted by molar-refractivity contribution is 6.03. The molecule has 2 nitrogen and oxygen atoms in total. The minimum Gasteiger partial charge on any atom is -0.305 e. The summed E-state index contributed by atoms with van der Waals surface area (Å²) in [5.74, 6) is 0. The molecule has 0 radical (unpaired) electrons. The summed E-state index contributed by atoms with van der Waals surface area (Å²) in [5.41, 5.74) is 8.77. The number of nitrogens with zero attached hydrogens (tertiary/aromatic N) is 2. The SMILES string of the molecule is C=CCN=C(C)c1cc(C(=C)CCCC2(CC)CN(C)C2)c(C)cc1C(=C)C. The molecular weight excluding hydrogens is 340 g/mol. The zero-order valence-electron chi connectivity index (χ0n) is 18.7. The quantitative estimate of drug-likeness (QED) is 0.333. The van der Waals surface area contributed by atoms with Gasteiger partial charge in [0, 0.05) is 24.4 Å². The monoisotopic (exact) mass is 378 g/mol. The normalized spacial score (nSPS) is 16.5. The first kappa shape index (κ1) is 22.4. The van der Waals surface area contributed by atoms with Crippen molar-refractivity contribution in [2.75, 3.05) is 26.7 Å². The van der Waals surface area contributed by atoms with Crippen molar-refractivity contribution in [2.24, 2.45) is 10.4 Å². The van der Waals surface area contributed by atoms with Crippen molar-refractivity contribution in [3.8, 4) is 0 Å². The number of hydrogen-bond acceptors (Lipinski definition) is 2. The molecule has 1 aliphatic heterocycles. The summed E-state index contributed by atoms with van der Waals surface area (Å²) >= 11 is 0. The Hall–Kier alpha value is -1.93. The average Bonchev–Trinajstić information content (AvgIpc) is 2.63. The lowest BCUT2D eigenvalue weighted by Crippen LogP contribution is -2.53. The van der Waals surface area contributed by atoms with Gasteiger partial charge >= 0.3 is 0 Å². The van der Waals surface area contributed by atoms with E-state index in [-0.39, 0.29) is 0 Å². The van der Waals surface area contributed by atoms with Crippen molar-refractivity contribution >= 4 is 16.9 Å². The lowest BCUT2D eigenvalue weighted by atomic mass is 9.73. The predicted molar refractivity (Wildman–Crippen MR) is 126 cm³/mol. The van der Waals surface area contributed by atoms with E-state index in [0.29, 0.717) is 12.0 Å². The fourth-order valence-electron chi connectivity index (χ4n) is 4.50. The van der Waals surface area contributed by atoms with E-state index in [1.165, 1.54) is 60.2 Å². The number of rotatable bonds is 10. The van der Waals surface area contributed by atoms with E-state index in [1.807, 2.05) is 6.08 Å². The second-order valence-electron chi connectivity index (χ2n) is 8.69. The van der Waals surface area contributed by atoms with Crippen LogP contribution in [0.25, 0.3) is 11.1 Å². The molecule has 1 heterocycles. The molecule has 0 aliphatic carbocycles. The first-order valence-corrected chi connectivity index (χ1v) is 10.5. The molecule has 1 aromatic rings. The fourth-order valence-corrected chi connectivity index (χ4v) is 4.50. The maximum Gasteiger partial charge on any atom is 0.0571 e. The maximum absolute atomic E-state index is 4.64. The van der Waals surface area contributed by atoms with Gasteiger partial charge in [-0.2, -0.15) is 0 Å². The molecule has 1 aliphatic rings. The summed E-state index contributed by atoms with van der Waals surface area (Å²) < 4.78 is 0. The zero-order chi connectivity index (χ0) is 20.9. The Morgan fingerprint density at radius 2 is 1.86 bits per heavy atom. The minimum absolute atomic E-state index is 0.535. The Balaban J connectivity index is 2.18. The third-order valence-electron chi connectivity index (χ3n) is 6.20. The molecular formula is C26H38N2. The van der Waals surface area contributed by atoms with Gasteiger partial charge in [-0.15, -0.1) is 6.58 Å². The van der Waals surface area contributed by atoms with Crippen LogP contribution in [0.4, 0.5) is 0 Å². The highest BCUT2D eigenvalue weighted by Gasteiger charge is 2.38. The first-order valence-electron chi connectivity index (χ1n) is 10.5. The third-order valence-corrected chi connectivity index (χ3v) is 6.20. The molecule has 0 amide bonds. The Labute approximate surface area is 172 Å². The summed E-state index contributed by atoms with van der Waals surface area (Å²) in [7, 11) is 2.22. The molecule has 1 fully saturated rings. The summed E-state index contributed by atoms with van der Waals surface area (Å²) in [4.78, 5) is 7.07. The Bertz CT molecular complexity index is 776. The Morgan fingerprint density at radius 3 is 2.39 bits per heavy atom. The maximum atomic E-state index is 4.64. The van der Waals surface area contributed by atoms with E-state index in [4.69, 9.17) is 0 Å². The molecule has 1 saturated heterocycles. The molecule has 0 aromatic heterocycles. The second kappa shape index (κ2) is 9.52. The van der Waals surface area contributed by atoms with Gasteiger partial charge in [0.15, 0.2) is 0 Å². The molecule has 0 unspecified atom stereocenters. The predicted octanol–water partition coefficient (Wildman–Crippen LogP) is 6.55. The van der Waals surface area contributed by atoms with Crippen molar-refractivity contribution in [2.45, 2.75) is 53.4 Å². The van der Waals surface area contributed by atoms with Gasteiger partial charge in [0.1, 0.15) is 0 Å². The smallest absolute Gasteiger partial charge is 0.0571 e. The largest absolute Gasteiger partial charge is 0.305 e.